The van der Waals surface area contributed by atoms with Gasteiger partial charge in [-0.05, 0) is 24.7 Å². The molecule has 2 unspecified atom stereocenters. The highest BCUT2D eigenvalue weighted by atomic mass is 16.7. The van der Waals surface area contributed by atoms with Crippen LogP contribution in [0.2, 0.25) is 0 Å². The average Bonchev–Trinajstić information content (AvgIpc) is 2.89. The third-order valence-corrected chi connectivity index (χ3v) is 4.61. The van der Waals surface area contributed by atoms with Crippen LogP contribution < -0.4 is 4.74 Å². The zero-order valence-electron chi connectivity index (χ0n) is 12.5. The molecule has 0 amide bonds. The van der Waals surface area contributed by atoms with Crippen LogP contribution in [0.3, 0.4) is 0 Å². The lowest BCUT2D eigenvalue weighted by Crippen LogP contribution is -2.16. The second kappa shape index (κ2) is 4.41. The van der Waals surface area contributed by atoms with Crippen molar-refractivity contribution in [3.63, 3.8) is 0 Å². The van der Waals surface area contributed by atoms with E-state index in [1.807, 2.05) is 13.8 Å². The number of aromatic carboxylic acids is 2. The van der Waals surface area contributed by atoms with Crippen molar-refractivity contribution < 1.29 is 33.4 Å². The predicted octanol–water partition coefficient (Wildman–Crippen LogP) is 3.38. The molecule has 7 nitrogen and oxygen atoms in total. The van der Waals surface area contributed by atoms with E-state index in [2.05, 4.69) is 0 Å². The summed E-state index contributed by atoms with van der Waals surface area (Å²) in [6.45, 7) is 3.89. The van der Waals surface area contributed by atoms with Crippen molar-refractivity contribution in [3.8, 4) is 11.9 Å². The first kappa shape index (κ1) is 13.9. The molecule has 0 saturated heterocycles. The van der Waals surface area contributed by atoms with Gasteiger partial charge < -0.3 is 23.8 Å². The average molecular weight is 318 g/mol. The van der Waals surface area contributed by atoms with Crippen molar-refractivity contribution in [3.05, 3.63) is 33.8 Å². The van der Waals surface area contributed by atoms with Crippen LogP contribution in [0.5, 0.6) is 11.9 Å². The molecule has 0 fully saturated rings. The highest BCUT2D eigenvalue weighted by Gasteiger charge is 2.41. The van der Waals surface area contributed by atoms with Gasteiger partial charge in [-0.2, -0.15) is 0 Å². The second-order valence-corrected chi connectivity index (χ2v) is 6.14. The fourth-order valence-corrected chi connectivity index (χ4v) is 3.45. The summed E-state index contributed by atoms with van der Waals surface area (Å²) in [5.74, 6) is -2.09. The van der Waals surface area contributed by atoms with E-state index in [-0.39, 0.29) is 35.2 Å². The smallest absolute Gasteiger partial charge is 0.372 e. The maximum atomic E-state index is 11.2. The molecule has 120 valence electrons. The van der Waals surface area contributed by atoms with E-state index in [4.69, 9.17) is 23.8 Å². The first-order valence-electron chi connectivity index (χ1n) is 7.34. The van der Waals surface area contributed by atoms with Crippen LogP contribution in [0.15, 0.2) is 8.83 Å². The lowest BCUT2D eigenvalue weighted by atomic mass is 9.80. The quantitative estimate of drug-likeness (QED) is 0.889. The summed E-state index contributed by atoms with van der Waals surface area (Å²) >= 11 is 0. The number of hydrogen-bond donors (Lipinski definition) is 2. The molecule has 0 spiro atoms. The molecule has 7 heteroatoms. The molecule has 2 atom stereocenters. The predicted molar refractivity (Wildman–Crippen MR) is 75.6 cm³/mol. The molecule has 2 aromatic rings. The summed E-state index contributed by atoms with van der Waals surface area (Å²) in [6, 6.07) is 0. The van der Waals surface area contributed by atoms with Crippen molar-refractivity contribution in [2.45, 2.75) is 38.5 Å². The molecule has 0 aromatic carbocycles. The minimum Gasteiger partial charge on any atom is -0.475 e. The van der Waals surface area contributed by atoms with Gasteiger partial charge >= 0.3 is 11.9 Å². The van der Waals surface area contributed by atoms with Gasteiger partial charge in [0.15, 0.2) is 0 Å². The van der Waals surface area contributed by atoms with Crippen LogP contribution in [-0.2, 0) is 12.8 Å². The number of ether oxygens (including phenoxy) is 1. The van der Waals surface area contributed by atoms with Crippen molar-refractivity contribution in [1.29, 1.82) is 0 Å². The summed E-state index contributed by atoms with van der Waals surface area (Å²) in [5, 5.41) is 18.3. The third kappa shape index (κ3) is 1.76. The van der Waals surface area contributed by atoms with E-state index in [9.17, 15) is 9.59 Å². The molecule has 2 N–H and O–H groups in total. The first-order chi connectivity index (χ1) is 10.9. The SMILES string of the molecule is CC1Cc2c(C(=O)O)oc(Oc3oc(C(=O)O)c4c3C(C)C4)c21. The molecule has 2 aromatic heterocycles. The van der Waals surface area contributed by atoms with Crippen LogP contribution in [0.1, 0.15) is 69.0 Å². The van der Waals surface area contributed by atoms with Crippen LogP contribution in [0.4, 0.5) is 0 Å². The van der Waals surface area contributed by atoms with Crippen molar-refractivity contribution in [1.82, 2.24) is 0 Å². The molecule has 23 heavy (non-hydrogen) atoms. The van der Waals surface area contributed by atoms with Gasteiger partial charge in [-0.25, -0.2) is 9.59 Å². The molecular formula is C16H14O7. The summed E-state index contributed by atoms with van der Waals surface area (Å²) in [6.07, 6.45) is 1.24. The van der Waals surface area contributed by atoms with Gasteiger partial charge in [-0.3, -0.25) is 0 Å². The van der Waals surface area contributed by atoms with Crippen LogP contribution >= 0.6 is 0 Å². The lowest BCUT2D eigenvalue weighted by Gasteiger charge is -2.23. The molecule has 2 aliphatic carbocycles. The number of fused-ring (bicyclic) bond motifs is 2. The van der Waals surface area contributed by atoms with E-state index >= 15 is 0 Å². The fraction of sp³-hybridized carbons (Fsp3) is 0.375. The maximum absolute atomic E-state index is 11.2. The molecule has 0 aliphatic heterocycles. The normalized spacial score (nSPS) is 21.0. The van der Waals surface area contributed by atoms with Crippen molar-refractivity contribution >= 4 is 11.9 Å². The van der Waals surface area contributed by atoms with Crippen LogP contribution in [0, 0.1) is 0 Å². The Morgan fingerprint density at radius 2 is 1.30 bits per heavy atom. The van der Waals surface area contributed by atoms with Crippen molar-refractivity contribution in [2.75, 3.05) is 0 Å². The Morgan fingerprint density at radius 3 is 1.61 bits per heavy atom. The van der Waals surface area contributed by atoms with E-state index in [1.165, 1.54) is 0 Å². The highest BCUT2D eigenvalue weighted by molar-refractivity contribution is 5.89. The number of rotatable bonds is 4. The van der Waals surface area contributed by atoms with E-state index in [0.717, 1.165) is 11.1 Å². The number of carboxylic acid groups (broad SMARTS) is 2. The zero-order valence-corrected chi connectivity index (χ0v) is 12.5. The Labute approximate surface area is 130 Å². The maximum Gasteiger partial charge on any atom is 0.372 e. The molecule has 2 aliphatic rings. The summed E-state index contributed by atoms with van der Waals surface area (Å²) in [5.41, 5.74) is 2.71. The topological polar surface area (TPSA) is 110 Å². The van der Waals surface area contributed by atoms with Gasteiger partial charge in [0.25, 0.3) is 11.9 Å². The standard InChI is InChI=1S/C16H14O7/c1-5-3-7-9(5)15(21-11(7)13(17)18)23-16-10-6(2)4-8(10)12(22-16)14(19)20/h5-6H,3-4H2,1-2H3,(H,17,18)(H,19,20). The van der Waals surface area contributed by atoms with Gasteiger partial charge in [0, 0.05) is 22.3 Å². The van der Waals surface area contributed by atoms with Gasteiger partial charge in [0.05, 0.1) is 0 Å². The number of carboxylic acids is 2. The zero-order chi connectivity index (χ0) is 16.5. The van der Waals surface area contributed by atoms with E-state index in [0.29, 0.717) is 24.0 Å². The minimum atomic E-state index is -1.14. The summed E-state index contributed by atoms with van der Waals surface area (Å²) in [4.78, 5) is 22.4. The Hall–Kier alpha value is -2.70. The molecule has 2 heterocycles. The van der Waals surface area contributed by atoms with E-state index in [1.54, 1.807) is 0 Å². The highest BCUT2D eigenvalue weighted by Crippen LogP contribution is 2.51. The number of carbonyl (C=O) groups is 2. The largest absolute Gasteiger partial charge is 0.475 e. The Morgan fingerprint density at radius 1 is 0.913 bits per heavy atom. The lowest BCUT2D eigenvalue weighted by molar-refractivity contribution is 0.0652. The number of furan rings is 2. The minimum absolute atomic E-state index is 0.0868. The Balaban J connectivity index is 1.76. The molecule has 0 saturated carbocycles. The first-order valence-corrected chi connectivity index (χ1v) is 7.34. The molecule has 0 radical (unpaired) electrons. The monoisotopic (exact) mass is 318 g/mol. The molecule has 4 rings (SSSR count). The van der Waals surface area contributed by atoms with Crippen LogP contribution in [-0.4, -0.2) is 22.2 Å². The Bertz CT molecular complexity index is 784. The number of hydrogen-bond acceptors (Lipinski definition) is 5. The van der Waals surface area contributed by atoms with Crippen LogP contribution in [0.25, 0.3) is 0 Å². The fourth-order valence-electron chi connectivity index (χ4n) is 3.45. The Kier molecular flexibility index (Phi) is 2.67. The van der Waals surface area contributed by atoms with Gasteiger partial charge in [0.2, 0.25) is 11.5 Å². The summed E-state index contributed by atoms with van der Waals surface area (Å²) in [7, 11) is 0. The third-order valence-electron chi connectivity index (χ3n) is 4.61. The van der Waals surface area contributed by atoms with E-state index < -0.39 is 11.9 Å². The molecule has 0 bridgehead atoms. The summed E-state index contributed by atoms with van der Waals surface area (Å²) < 4.78 is 16.3. The van der Waals surface area contributed by atoms with Crippen molar-refractivity contribution in [2.24, 2.45) is 0 Å². The van der Waals surface area contributed by atoms with Gasteiger partial charge in [-0.15, -0.1) is 0 Å². The van der Waals surface area contributed by atoms with Gasteiger partial charge in [0.1, 0.15) is 0 Å². The van der Waals surface area contributed by atoms with Gasteiger partial charge in [-0.1, -0.05) is 13.8 Å². The molecular weight excluding hydrogens is 304 g/mol. The second-order valence-electron chi connectivity index (χ2n) is 6.14.